The molecule has 0 saturated carbocycles. The summed E-state index contributed by atoms with van der Waals surface area (Å²) < 4.78 is 29.9. The monoisotopic (exact) mass is 386 g/mol. The average molecular weight is 387 g/mol. The highest BCUT2D eigenvalue weighted by Gasteiger charge is 2.23. The van der Waals surface area contributed by atoms with E-state index >= 15 is 0 Å². The number of nitrogens with one attached hydrogen (secondary N) is 1. The van der Waals surface area contributed by atoms with Crippen LogP contribution in [0, 0.1) is 0 Å². The number of carbonyl (C=O) groups is 1. The Morgan fingerprint density at radius 1 is 1.33 bits per heavy atom. The van der Waals surface area contributed by atoms with Gasteiger partial charge in [-0.2, -0.15) is 5.10 Å². The molecule has 0 aliphatic heterocycles. The first-order valence-electron chi connectivity index (χ1n) is 6.55. The highest BCUT2D eigenvalue weighted by molar-refractivity contribution is 7.90. The van der Waals surface area contributed by atoms with Gasteiger partial charge in [0.2, 0.25) is 0 Å². The Kier molecular flexibility index (Phi) is 3.98. The van der Waals surface area contributed by atoms with Crippen molar-refractivity contribution in [3.63, 3.8) is 0 Å². The van der Waals surface area contributed by atoms with Gasteiger partial charge in [-0.1, -0.05) is 22.9 Å². The van der Waals surface area contributed by atoms with Crippen molar-refractivity contribution < 1.29 is 13.2 Å². The fourth-order valence-corrected chi connectivity index (χ4v) is 4.40. The number of rotatable bonds is 3. The van der Waals surface area contributed by atoms with Crippen molar-refractivity contribution in [2.45, 2.75) is 4.90 Å². The van der Waals surface area contributed by atoms with E-state index in [4.69, 9.17) is 11.6 Å². The third-order valence-corrected chi connectivity index (χ3v) is 6.01. The normalized spacial score (nSPS) is 11.8. The highest BCUT2D eigenvalue weighted by atomic mass is 35.5. The largest absolute Gasteiger partial charge is 0.307 e. The molecule has 3 rings (SSSR count). The van der Waals surface area contributed by atoms with Crippen molar-refractivity contribution in [3.8, 4) is 0 Å². The van der Waals surface area contributed by atoms with Gasteiger partial charge in [-0.15, -0.1) is 0 Å². The number of fused-ring (bicyclic) bond motifs is 1. The van der Waals surface area contributed by atoms with E-state index in [0.29, 0.717) is 10.2 Å². The zero-order chi connectivity index (χ0) is 17.6. The highest BCUT2D eigenvalue weighted by Crippen LogP contribution is 2.21. The number of sulfonamides is 1. The molecule has 0 atom stereocenters. The Labute approximate surface area is 145 Å². The lowest BCUT2D eigenvalue weighted by molar-refractivity contribution is 0.0972. The summed E-state index contributed by atoms with van der Waals surface area (Å²) in [4.78, 5) is 23.5. The molecule has 0 fully saturated rings. The molecule has 0 unspecified atom stereocenters. The number of nitrogens with zero attached hydrogens (tertiary/aromatic N) is 3. The molecular formula is C13H11ClN4O4S2. The number of hydrogen-bond acceptors (Lipinski definition) is 6. The predicted molar refractivity (Wildman–Crippen MR) is 89.9 cm³/mol. The van der Waals surface area contributed by atoms with E-state index in [1.165, 1.54) is 40.7 Å². The lowest BCUT2D eigenvalue weighted by Crippen LogP contribution is -2.32. The third-order valence-electron chi connectivity index (χ3n) is 3.41. The molecule has 0 radical (unpaired) electrons. The first-order valence-corrected chi connectivity index (χ1v) is 9.22. The van der Waals surface area contributed by atoms with Crippen LogP contribution in [0.2, 0.25) is 5.02 Å². The Hall–Kier alpha value is -2.17. The molecule has 0 spiro atoms. The zero-order valence-corrected chi connectivity index (χ0v) is 14.9. The minimum absolute atomic E-state index is 0.0435. The lowest BCUT2D eigenvalue weighted by Gasteiger charge is -2.08. The smallest absolute Gasteiger partial charge is 0.302 e. The molecule has 0 aliphatic rings. The first kappa shape index (κ1) is 16.7. The summed E-state index contributed by atoms with van der Waals surface area (Å²) in [5.74, 6) is -0.888. The molecule has 11 heteroatoms. The Morgan fingerprint density at radius 3 is 2.67 bits per heavy atom. The number of halogens is 1. The molecule has 1 aromatic carbocycles. The van der Waals surface area contributed by atoms with Gasteiger partial charge in [0.25, 0.3) is 15.9 Å². The molecule has 0 saturated heterocycles. The summed E-state index contributed by atoms with van der Waals surface area (Å²) in [5, 5.41) is 3.83. The molecule has 1 amide bonds. The molecule has 0 aliphatic carbocycles. The van der Waals surface area contributed by atoms with Crippen molar-refractivity contribution in [1.82, 2.24) is 19.1 Å². The van der Waals surface area contributed by atoms with Gasteiger partial charge in [-0.25, -0.2) is 13.1 Å². The summed E-state index contributed by atoms with van der Waals surface area (Å²) in [7, 11) is -1.05. The first-order chi connectivity index (χ1) is 11.2. The fraction of sp³-hybridized carbons (Fsp3) is 0.154. The van der Waals surface area contributed by atoms with Crippen molar-refractivity contribution in [2.24, 2.45) is 14.1 Å². The van der Waals surface area contributed by atoms with Gasteiger partial charge in [0.15, 0.2) is 0 Å². The molecule has 3 aromatic rings. The molecule has 1 N–H and O–H groups in total. The van der Waals surface area contributed by atoms with Crippen LogP contribution in [0.3, 0.4) is 0 Å². The van der Waals surface area contributed by atoms with Crippen LogP contribution in [0.25, 0.3) is 10.2 Å². The standard InChI is InChI=1S/C13H11ClN4O4S2/c1-17-9-4-3-7(5-10(9)23-13(17)20)24(21,22)16-12(19)11-8(14)6-15-18(11)2/h3-6H,1-2H3,(H,16,19). The van der Waals surface area contributed by atoms with E-state index in [0.717, 1.165) is 11.3 Å². The Bertz CT molecular complexity index is 1110. The maximum Gasteiger partial charge on any atom is 0.307 e. The molecule has 2 heterocycles. The maximum atomic E-state index is 12.4. The van der Waals surface area contributed by atoms with Crippen LogP contribution in [0.4, 0.5) is 0 Å². The minimum Gasteiger partial charge on any atom is -0.302 e. The van der Waals surface area contributed by atoms with Crippen molar-refractivity contribution >= 4 is 49.1 Å². The van der Waals surface area contributed by atoms with Crippen LogP contribution in [0.1, 0.15) is 10.5 Å². The van der Waals surface area contributed by atoms with Gasteiger partial charge >= 0.3 is 4.87 Å². The van der Waals surface area contributed by atoms with Crippen LogP contribution in [-0.2, 0) is 24.1 Å². The fourth-order valence-electron chi connectivity index (χ4n) is 2.18. The van der Waals surface area contributed by atoms with Gasteiger partial charge in [-0.05, 0) is 18.2 Å². The Balaban J connectivity index is 1.99. The SMILES string of the molecule is Cn1ncc(Cl)c1C(=O)NS(=O)(=O)c1ccc2c(c1)sc(=O)n2C. The molecule has 2 aromatic heterocycles. The van der Waals surface area contributed by atoms with Crippen LogP contribution in [0.15, 0.2) is 34.1 Å². The second-order valence-corrected chi connectivity index (χ2v) is 8.04. The van der Waals surface area contributed by atoms with Crippen molar-refractivity contribution in [1.29, 1.82) is 0 Å². The van der Waals surface area contributed by atoms with Gasteiger partial charge in [-0.3, -0.25) is 14.3 Å². The summed E-state index contributed by atoms with van der Waals surface area (Å²) in [6.45, 7) is 0. The van der Waals surface area contributed by atoms with Crippen LogP contribution in [0.5, 0.6) is 0 Å². The van der Waals surface area contributed by atoms with E-state index in [2.05, 4.69) is 5.10 Å². The Morgan fingerprint density at radius 2 is 2.04 bits per heavy atom. The molecule has 126 valence electrons. The number of hydrogen-bond donors (Lipinski definition) is 1. The number of amides is 1. The molecular weight excluding hydrogens is 376 g/mol. The topological polar surface area (TPSA) is 103 Å². The van der Waals surface area contributed by atoms with E-state index in [1.807, 2.05) is 4.72 Å². The number of benzene rings is 1. The molecule has 24 heavy (non-hydrogen) atoms. The average Bonchev–Trinajstić information content (AvgIpc) is 2.98. The number of aromatic nitrogens is 3. The van der Waals surface area contributed by atoms with E-state index < -0.39 is 15.9 Å². The maximum absolute atomic E-state index is 12.4. The summed E-state index contributed by atoms with van der Waals surface area (Å²) >= 11 is 6.76. The predicted octanol–water partition coefficient (Wildman–Crippen LogP) is 1.11. The summed E-state index contributed by atoms with van der Waals surface area (Å²) in [5.41, 5.74) is 0.552. The van der Waals surface area contributed by atoms with E-state index in [9.17, 15) is 18.0 Å². The minimum atomic E-state index is -4.12. The van der Waals surface area contributed by atoms with Crippen LogP contribution < -0.4 is 9.60 Å². The number of aryl methyl sites for hydroxylation is 2. The van der Waals surface area contributed by atoms with E-state index in [-0.39, 0.29) is 20.5 Å². The number of thiazole rings is 1. The summed E-state index contributed by atoms with van der Waals surface area (Å²) in [6.07, 6.45) is 1.25. The molecule has 0 bridgehead atoms. The third kappa shape index (κ3) is 2.72. The summed E-state index contributed by atoms with van der Waals surface area (Å²) in [6, 6.07) is 4.19. The van der Waals surface area contributed by atoms with E-state index in [1.54, 1.807) is 7.05 Å². The van der Waals surface area contributed by atoms with Crippen LogP contribution >= 0.6 is 22.9 Å². The molecule has 8 nitrogen and oxygen atoms in total. The second-order valence-electron chi connectivity index (χ2n) is 4.96. The lowest BCUT2D eigenvalue weighted by atomic mass is 10.3. The van der Waals surface area contributed by atoms with Gasteiger partial charge in [0, 0.05) is 14.1 Å². The number of carbonyl (C=O) groups excluding carboxylic acids is 1. The zero-order valence-electron chi connectivity index (χ0n) is 12.5. The second kappa shape index (κ2) is 5.72. The van der Waals surface area contributed by atoms with Crippen molar-refractivity contribution in [3.05, 3.63) is 44.8 Å². The van der Waals surface area contributed by atoms with Gasteiger partial charge in [0.05, 0.1) is 26.3 Å². The quantitative estimate of drug-likeness (QED) is 0.726. The van der Waals surface area contributed by atoms with Gasteiger partial charge in [0.1, 0.15) is 5.69 Å². The van der Waals surface area contributed by atoms with Crippen LogP contribution in [-0.4, -0.2) is 28.7 Å². The van der Waals surface area contributed by atoms with Crippen molar-refractivity contribution in [2.75, 3.05) is 0 Å². The van der Waals surface area contributed by atoms with Gasteiger partial charge < -0.3 is 4.57 Å².